The number of carbonyl (C=O) groups is 4. The van der Waals surface area contributed by atoms with Crippen LogP contribution in [0.15, 0.2) is 30.3 Å². The largest absolute Gasteiger partial charge is 0.481 e. The van der Waals surface area contributed by atoms with Gasteiger partial charge < -0.3 is 25.8 Å². The predicted octanol–water partition coefficient (Wildman–Crippen LogP) is -0.128. The fraction of sp³-hybridized carbons (Fsp3) is 0.333. The zero-order valence-electron chi connectivity index (χ0n) is 12.5. The molecule has 1 aromatic carbocycles. The molecule has 130 valence electrons. The second-order valence-corrected chi connectivity index (χ2v) is 5.16. The van der Waals surface area contributed by atoms with Crippen molar-refractivity contribution >= 4 is 23.9 Å². The van der Waals surface area contributed by atoms with Gasteiger partial charge in [0.1, 0.15) is 6.04 Å². The molecular weight excluding hydrogens is 322 g/mol. The Kier molecular flexibility index (Phi) is 6.42. The van der Waals surface area contributed by atoms with Crippen molar-refractivity contribution in [2.45, 2.75) is 30.9 Å². The number of carbonyl (C=O) groups excluding carboxylic acids is 1. The summed E-state index contributed by atoms with van der Waals surface area (Å²) in [5, 5.41) is 26.8. The number of esters is 1. The fourth-order valence-electron chi connectivity index (χ4n) is 2.04. The van der Waals surface area contributed by atoms with E-state index in [1.807, 2.05) is 0 Å². The van der Waals surface area contributed by atoms with Crippen LogP contribution in [0.4, 0.5) is 0 Å². The Balaban J connectivity index is 2.94. The van der Waals surface area contributed by atoms with Gasteiger partial charge in [-0.1, -0.05) is 30.3 Å². The van der Waals surface area contributed by atoms with Gasteiger partial charge in [0.25, 0.3) is 0 Å². The Hall–Kier alpha value is -2.94. The van der Waals surface area contributed by atoms with Crippen molar-refractivity contribution in [2.75, 3.05) is 0 Å². The number of rotatable bonds is 9. The van der Waals surface area contributed by atoms with Gasteiger partial charge in [-0.05, 0) is 12.0 Å². The van der Waals surface area contributed by atoms with Gasteiger partial charge in [0.05, 0.1) is 12.8 Å². The van der Waals surface area contributed by atoms with Crippen molar-refractivity contribution in [3.8, 4) is 0 Å². The molecule has 0 radical (unpaired) electrons. The highest BCUT2D eigenvalue weighted by atomic mass is 16.6. The number of carboxylic acid groups (broad SMARTS) is 3. The lowest BCUT2D eigenvalue weighted by atomic mass is 9.95. The molecule has 0 aliphatic rings. The van der Waals surface area contributed by atoms with Gasteiger partial charge in [-0.15, -0.1) is 0 Å². The van der Waals surface area contributed by atoms with E-state index < -0.39 is 48.4 Å². The summed E-state index contributed by atoms with van der Waals surface area (Å²) in [6, 6.07) is 7.28. The molecule has 24 heavy (non-hydrogen) atoms. The van der Waals surface area contributed by atoms with Gasteiger partial charge in [0.2, 0.25) is 5.60 Å². The van der Waals surface area contributed by atoms with E-state index in [4.69, 9.17) is 20.7 Å². The van der Waals surface area contributed by atoms with Crippen LogP contribution in [0, 0.1) is 0 Å². The van der Waals surface area contributed by atoms with Crippen LogP contribution in [0.25, 0.3) is 0 Å². The van der Waals surface area contributed by atoms with Crippen molar-refractivity contribution in [1.82, 2.24) is 0 Å². The standard InChI is InChI=1S/C15H17NO8/c16-10(6-9-4-2-1-3-5-9)13(21)24-15(14(22)23,7-11(17)18)8-12(19)20/h1-5,10H,6-8,16H2,(H,17,18)(H,19,20)(H,22,23)/t10-/m0/s1. The third-order valence-electron chi connectivity index (χ3n) is 3.16. The minimum absolute atomic E-state index is 0.0233. The molecule has 0 fully saturated rings. The number of aliphatic carboxylic acids is 3. The van der Waals surface area contributed by atoms with E-state index in [-0.39, 0.29) is 6.42 Å². The summed E-state index contributed by atoms with van der Waals surface area (Å²) in [5.74, 6) is -6.30. The number of ether oxygens (including phenoxy) is 1. The van der Waals surface area contributed by atoms with Crippen molar-refractivity contribution in [3.63, 3.8) is 0 Å². The Morgan fingerprint density at radius 2 is 1.50 bits per heavy atom. The highest BCUT2D eigenvalue weighted by molar-refractivity contribution is 5.91. The highest BCUT2D eigenvalue weighted by Gasteiger charge is 2.47. The predicted molar refractivity (Wildman–Crippen MR) is 79.1 cm³/mol. The average molecular weight is 339 g/mol. The summed E-state index contributed by atoms with van der Waals surface area (Å²) in [4.78, 5) is 45.1. The summed E-state index contributed by atoms with van der Waals surface area (Å²) in [6.45, 7) is 0. The normalized spacial score (nSPS) is 12.2. The Labute approximate surface area is 136 Å². The molecule has 1 atom stereocenters. The third-order valence-corrected chi connectivity index (χ3v) is 3.16. The maximum absolute atomic E-state index is 12.0. The molecule has 9 heteroatoms. The van der Waals surface area contributed by atoms with Crippen LogP contribution in [0.2, 0.25) is 0 Å². The van der Waals surface area contributed by atoms with Crippen molar-refractivity contribution in [1.29, 1.82) is 0 Å². The zero-order valence-corrected chi connectivity index (χ0v) is 12.5. The van der Waals surface area contributed by atoms with Crippen molar-refractivity contribution < 1.29 is 39.2 Å². The lowest BCUT2D eigenvalue weighted by Gasteiger charge is -2.27. The van der Waals surface area contributed by atoms with Crippen molar-refractivity contribution in [2.24, 2.45) is 5.73 Å². The van der Waals surface area contributed by atoms with Gasteiger partial charge in [-0.3, -0.25) is 14.4 Å². The fourth-order valence-corrected chi connectivity index (χ4v) is 2.04. The first kappa shape index (κ1) is 19.1. The van der Waals surface area contributed by atoms with E-state index in [0.717, 1.165) is 0 Å². The summed E-state index contributed by atoms with van der Waals surface area (Å²) in [7, 11) is 0. The van der Waals surface area contributed by atoms with Gasteiger partial charge in [0, 0.05) is 0 Å². The highest BCUT2D eigenvalue weighted by Crippen LogP contribution is 2.23. The lowest BCUT2D eigenvalue weighted by Crippen LogP contribution is -2.50. The van der Waals surface area contributed by atoms with E-state index >= 15 is 0 Å². The SMILES string of the molecule is N[C@@H](Cc1ccccc1)C(=O)OC(CC(=O)O)(CC(=O)O)C(=O)O. The van der Waals surface area contributed by atoms with Crippen LogP contribution < -0.4 is 5.73 Å². The number of hydrogen-bond acceptors (Lipinski definition) is 6. The van der Waals surface area contributed by atoms with E-state index in [1.165, 1.54) is 0 Å². The average Bonchev–Trinajstić information content (AvgIpc) is 2.46. The molecule has 0 amide bonds. The first-order valence-electron chi connectivity index (χ1n) is 6.85. The first-order chi connectivity index (χ1) is 11.2. The Morgan fingerprint density at radius 1 is 1.00 bits per heavy atom. The Bertz CT molecular complexity index is 612. The molecule has 0 saturated heterocycles. The molecule has 0 bridgehead atoms. The molecular formula is C15H17NO8. The van der Waals surface area contributed by atoms with Crippen LogP contribution in [0.3, 0.4) is 0 Å². The van der Waals surface area contributed by atoms with Gasteiger partial charge in [0.15, 0.2) is 0 Å². The second-order valence-electron chi connectivity index (χ2n) is 5.16. The monoisotopic (exact) mass is 339 g/mol. The molecule has 0 aromatic heterocycles. The third kappa shape index (κ3) is 5.36. The molecule has 0 aliphatic carbocycles. The van der Waals surface area contributed by atoms with E-state index in [1.54, 1.807) is 30.3 Å². The zero-order chi connectivity index (χ0) is 18.3. The topological polar surface area (TPSA) is 164 Å². The van der Waals surface area contributed by atoms with Crippen LogP contribution >= 0.6 is 0 Å². The first-order valence-corrected chi connectivity index (χ1v) is 6.85. The molecule has 1 aromatic rings. The van der Waals surface area contributed by atoms with Crippen LogP contribution in [-0.4, -0.2) is 50.8 Å². The van der Waals surface area contributed by atoms with Gasteiger partial charge in [-0.2, -0.15) is 0 Å². The maximum atomic E-state index is 12.0. The summed E-state index contributed by atoms with van der Waals surface area (Å²) >= 11 is 0. The number of carboxylic acids is 3. The molecule has 0 aliphatic heterocycles. The Morgan fingerprint density at radius 3 is 1.92 bits per heavy atom. The van der Waals surface area contributed by atoms with Gasteiger partial charge >= 0.3 is 23.9 Å². The molecule has 0 heterocycles. The number of benzene rings is 1. The summed E-state index contributed by atoms with van der Waals surface area (Å²) in [5.41, 5.74) is 3.62. The minimum atomic E-state index is -2.72. The second kappa shape index (κ2) is 8.06. The molecule has 0 spiro atoms. The smallest absolute Gasteiger partial charge is 0.349 e. The van der Waals surface area contributed by atoms with Crippen molar-refractivity contribution in [3.05, 3.63) is 35.9 Å². The number of nitrogens with two attached hydrogens (primary N) is 1. The van der Waals surface area contributed by atoms with E-state index in [9.17, 15) is 24.3 Å². The quantitative estimate of drug-likeness (QED) is 0.448. The number of hydrogen-bond donors (Lipinski definition) is 4. The maximum Gasteiger partial charge on any atom is 0.349 e. The molecule has 5 N–H and O–H groups in total. The minimum Gasteiger partial charge on any atom is -0.481 e. The van der Waals surface area contributed by atoms with Crippen LogP contribution in [0.1, 0.15) is 18.4 Å². The molecule has 0 unspecified atom stereocenters. The van der Waals surface area contributed by atoms with Crippen LogP contribution in [0.5, 0.6) is 0 Å². The molecule has 9 nitrogen and oxygen atoms in total. The van der Waals surface area contributed by atoms with E-state index in [0.29, 0.717) is 5.56 Å². The summed E-state index contributed by atoms with van der Waals surface area (Å²) in [6.07, 6.45) is -2.37. The summed E-state index contributed by atoms with van der Waals surface area (Å²) < 4.78 is 4.73. The van der Waals surface area contributed by atoms with E-state index in [2.05, 4.69) is 0 Å². The molecule has 0 saturated carbocycles. The van der Waals surface area contributed by atoms with Gasteiger partial charge in [-0.25, -0.2) is 4.79 Å². The van der Waals surface area contributed by atoms with Crippen LogP contribution in [-0.2, 0) is 30.3 Å². The lowest BCUT2D eigenvalue weighted by molar-refractivity contribution is -0.186. The molecule has 1 rings (SSSR count).